The van der Waals surface area contributed by atoms with Crippen LogP contribution < -0.4 is 4.90 Å². The molecule has 0 aliphatic carbocycles. The number of aliphatic hydroxyl groups is 1. The Balaban J connectivity index is 2.04. The molecule has 3 heterocycles. The Bertz CT molecular complexity index is 482. The highest BCUT2D eigenvalue weighted by Crippen LogP contribution is 2.33. The molecular weight excluding hydrogens is 208 g/mol. The van der Waals surface area contributed by atoms with Gasteiger partial charge >= 0.3 is 0 Å². The van der Waals surface area contributed by atoms with Gasteiger partial charge in [0.2, 0.25) is 0 Å². The van der Waals surface area contributed by atoms with E-state index in [1.807, 2.05) is 12.3 Å². The second kappa shape index (κ2) is 3.47. The molecule has 0 amide bonds. The summed E-state index contributed by atoms with van der Waals surface area (Å²) in [4.78, 5) is 7.64. The maximum absolute atomic E-state index is 9.52. The summed E-state index contributed by atoms with van der Waals surface area (Å²) in [5.74, 6) is 0. The normalized spacial score (nSPS) is 21.4. The Labute approximate surface area is 92.0 Å². The van der Waals surface area contributed by atoms with Crippen molar-refractivity contribution in [2.45, 2.75) is 12.5 Å². The van der Waals surface area contributed by atoms with Crippen molar-refractivity contribution in [3.8, 4) is 0 Å². The van der Waals surface area contributed by atoms with Crippen LogP contribution in [0.4, 0.5) is 5.69 Å². The van der Waals surface area contributed by atoms with E-state index in [0.29, 0.717) is 0 Å². The number of hydrogen-bond acceptors (Lipinski definition) is 4. The fourth-order valence-electron chi connectivity index (χ4n) is 2.06. The van der Waals surface area contributed by atoms with Crippen LogP contribution in [0.5, 0.6) is 0 Å². The van der Waals surface area contributed by atoms with Crippen LogP contribution in [-0.2, 0) is 0 Å². The molecule has 1 saturated heterocycles. The number of pyridine rings is 1. The molecule has 1 atom stereocenters. The van der Waals surface area contributed by atoms with E-state index < -0.39 is 0 Å². The summed E-state index contributed by atoms with van der Waals surface area (Å²) in [7, 11) is 0. The van der Waals surface area contributed by atoms with Crippen molar-refractivity contribution in [3.63, 3.8) is 0 Å². The summed E-state index contributed by atoms with van der Waals surface area (Å²) in [6, 6.07) is 4.06. The average Bonchev–Trinajstić information content (AvgIpc) is 2.83. The molecular formula is C11H12N2OS. The molecule has 0 spiro atoms. The van der Waals surface area contributed by atoms with Gasteiger partial charge in [0.05, 0.1) is 11.8 Å². The molecule has 4 heteroatoms. The Morgan fingerprint density at radius 2 is 2.47 bits per heavy atom. The van der Waals surface area contributed by atoms with E-state index in [4.69, 9.17) is 0 Å². The lowest BCUT2D eigenvalue weighted by molar-refractivity contribution is 0.198. The van der Waals surface area contributed by atoms with E-state index >= 15 is 0 Å². The summed E-state index contributed by atoms with van der Waals surface area (Å²) in [5, 5.41) is 12.9. The molecule has 3 nitrogen and oxygen atoms in total. The molecule has 2 aromatic heterocycles. The zero-order valence-corrected chi connectivity index (χ0v) is 9.07. The summed E-state index contributed by atoms with van der Waals surface area (Å²) < 4.78 is 0. The first-order valence-corrected chi connectivity index (χ1v) is 5.98. The van der Waals surface area contributed by atoms with Gasteiger partial charge in [0.25, 0.3) is 0 Å². The second-order valence-corrected chi connectivity index (χ2v) is 4.72. The summed E-state index contributed by atoms with van der Waals surface area (Å²) in [6.07, 6.45) is 2.52. The van der Waals surface area contributed by atoms with Crippen LogP contribution in [0.25, 0.3) is 10.2 Å². The topological polar surface area (TPSA) is 36.4 Å². The minimum absolute atomic E-state index is 0.170. The first-order chi connectivity index (χ1) is 7.34. The van der Waals surface area contributed by atoms with Gasteiger partial charge in [-0.1, -0.05) is 0 Å². The molecule has 0 bridgehead atoms. The predicted octanol–water partition coefficient (Wildman–Crippen LogP) is 1.87. The highest BCUT2D eigenvalue weighted by Gasteiger charge is 2.22. The molecule has 78 valence electrons. The van der Waals surface area contributed by atoms with Crippen molar-refractivity contribution in [2.75, 3.05) is 18.0 Å². The average molecular weight is 220 g/mol. The second-order valence-electron chi connectivity index (χ2n) is 3.87. The number of thiophene rings is 1. The molecule has 1 N–H and O–H groups in total. The summed E-state index contributed by atoms with van der Waals surface area (Å²) >= 11 is 1.67. The molecule has 1 fully saturated rings. The van der Waals surface area contributed by atoms with Gasteiger partial charge in [-0.2, -0.15) is 0 Å². The SMILES string of the molecule is OC1CCN(c2csc3ncccc23)C1. The third kappa shape index (κ3) is 1.50. The fourth-order valence-corrected chi connectivity index (χ4v) is 2.98. The number of β-amino-alcohol motifs (C(OH)–C–C–N with tert-alkyl or cyclic N) is 1. The molecule has 3 rings (SSSR count). The zero-order valence-electron chi connectivity index (χ0n) is 8.26. The van der Waals surface area contributed by atoms with E-state index in [1.54, 1.807) is 11.3 Å². The standard InChI is InChI=1S/C11H12N2OS/c14-8-3-5-13(6-8)10-7-15-11-9(10)2-1-4-12-11/h1-2,4,7-8,14H,3,5-6H2. The van der Waals surface area contributed by atoms with Gasteiger partial charge < -0.3 is 10.0 Å². The van der Waals surface area contributed by atoms with E-state index in [9.17, 15) is 5.11 Å². The van der Waals surface area contributed by atoms with Gasteiger partial charge in [0.15, 0.2) is 0 Å². The first kappa shape index (κ1) is 9.12. The van der Waals surface area contributed by atoms with Crippen LogP contribution in [0.15, 0.2) is 23.7 Å². The van der Waals surface area contributed by atoms with Crippen LogP contribution in [0.1, 0.15) is 6.42 Å². The molecule has 15 heavy (non-hydrogen) atoms. The number of hydrogen-bond donors (Lipinski definition) is 1. The summed E-state index contributed by atoms with van der Waals surface area (Å²) in [5.41, 5.74) is 1.22. The Morgan fingerprint density at radius 1 is 1.53 bits per heavy atom. The zero-order chi connectivity index (χ0) is 10.3. The molecule has 2 aromatic rings. The van der Waals surface area contributed by atoms with Gasteiger partial charge in [-0.05, 0) is 18.6 Å². The minimum Gasteiger partial charge on any atom is -0.391 e. The number of aromatic nitrogens is 1. The van der Waals surface area contributed by atoms with Crippen molar-refractivity contribution in [1.29, 1.82) is 0 Å². The van der Waals surface area contributed by atoms with Crippen LogP contribution in [0, 0.1) is 0 Å². The van der Waals surface area contributed by atoms with Gasteiger partial charge in [-0.3, -0.25) is 0 Å². The van der Waals surface area contributed by atoms with Crippen LogP contribution in [0.3, 0.4) is 0 Å². The van der Waals surface area contributed by atoms with Crippen molar-refractivity contribution in [3.05, 3.63) is 23.7 Å². The lowest BCUT2D eigenvalue weighted by atomic mass is 10.3. The van der Waals surface area contributed by atoms with E-state index in [2.05, 4.69) is 21.3 Å². The third-order valence-electron chi connectivity index (χ3n) is 2.83. The van der Waals surface area contributed by atoms with E-state index in [-0.39, 0.29) is 6.10 Å². The van der Waals surface area contributed by atoms with Crippen molar-refractivity contribution < 1.29 is 5.11 Å². The largest absolute Gasteiger partial charge is 0.391 e. The fraction of sp³-hybridized carbons (Fsp3) is 0.364. The molecule has 1 aliphatic heterocycles. The minimum atomic E-state index is -0.170. The quantitative estimate of drug-likeness (QED) is 0.797. The van der Waals surface area contributed by atoms with E-state index in [0.717, 1.165) is 24.3 Å². The van der Waals surface area contributed by atoms with Gasteiger partial charge in [0.1, 0.15) is 4.83 Å². The van der Waals surface area contributed by atoms with E-state index in [1.165, 1.54) is 11.1 Å². The maximum Gasteiger partial charge on any atom is 0.125 e. The maximum atomic E-state index is 9.52. The van der Waals surface area contributed by atoms with Crippen molar-refractivity contribution in [2.24, 2.45) is 0 Å². The molecule has 0 saturated carbocycles. The molecule has 1 aliphatic rings. The lowest BCUT2D eigenvalue weighted by Gasteiger charge is -2.16. The number of nitrogens with zero attached hydrogens (tertiary/aromatic N) is 2. The number of rotatable bonds is 1. The van der Waals surface area contributed by atoms with Crippen LogP contribution in [0.2, 0.25) is 0 Å². The Morgan fingerprint density at radius 3 is 3.27 bits per heavy atom. The Kier molecular flexibility index (Phi) is 2.11. The Hall–Kier alpha value is -1.13. The number of fused-ring (bicyclic) bond motifs is 1. The van der Waals surface area contributed by atoms with Gasteiger partial charge in [-0.25, -0.2) is 4.98 Å². The smallest absolute Gasteiger partial charge is 0.125 e. The third-order valence-corrected chi connectivity index (χ3v) is 3.72. The highest BCUT2D eigenvalue weighted by atomic mass is 32.1. The summed E-state index contributed by atoms with van der Waals surface area (Å²) in [6.45, 7) is 1.70. The van der Waals surface area contributed by atoms with Crippen LogP contribution in [-0.4, -0.2) is 29.3 Å². The lowest BCUT2D eigenvalue weighted by Crippen LogP contribution is -2.20. The monoisotopic (exact) mass is 220 g/mol. The number of anilines is 1. The first-order valence-electron chi connectivity index (χ1n) is 5.10. The van der Waals surface area contributed by atoms with Gasteiger partial charge in [0, 0.05) is 30.1 Å². The van der Waals surface area contributed by atoms with Crippen molar-refractivity contribution >= 4 is 27.2 Å². The molecule has 1 unspecified atom stereocenters. The highest BCUT2D eigenvalue weighted by molar-refractivity contribution is 7.17. The number of aliphatic hydroxyl groups excluding tert-OH is 1. The van der Waals surface area contributed by atoms with Crippen LogP contribution >= 0.6 is 11.3 Å². The van der Waals surface area contributed by atoms with Gasteiger partial charge in [-0.15, -0.1) is 11.3 Å². The predicted molar refractivity (Wildman–Crippen MR) is 62.5 cm³/mol. The molecule has 0 radical (unpaired) electrons. The van der Waals surface area contributed by atoms with Crippen molar-refractivity contribution in [1.82, 2.24) is 4.98 Å². The molecule has 0 aromatic carbocycles.